The second-order valence-electron chi connectivity index (χ2n) is 4.44. The van der Waals surface area contributed by atoms with Crippen LogP contribution in [-0.2, 0) is 11.3 Å². The number of hydrogen-bond donors (Lipinski definition) is 1. The standard InChI is InChI=1S/C14H23ClN2O/c1-5-16-9-12-7-6-8-13(15)14(12)17(3)11(2)10-18-4/h6-8,11,16H,5,9-10H2,1-4H3. The highest BCUT2D eigenvalue weighted by atomic mass is 35.5. The maximum atomic E-state index is 6.34. The summed E-state index contributed by atoms with van der Waals surface area (Å²) in [5.74, 6) is 0. The molecule has 0 heterocycles. The topological polar surface area (TPSA) is 24.5 Å². The fourth-order valence-corrected chi connectivity index (χ4v) is 2.26. The number of hydrogen-bond acceptors (Lipinski definition) is 3. The molecule has 3 nitrogen and oxygen atoms in total. The molecule has 1 aromatic carbocycles. The molecule has 1 aromatic rings. The van der Waals surface area contributed by atoms with Crippen molar-refractivity contribution in [3.8, 4) is 0 Å². The van der Waals surface area contributed by atoms with Gasteiger partial charge in [-0.3, -0.25) is 0 Å². The molecular formula is C14H23ClN2O. The van der Waals surface area contributed by atoms with Crippen molar-refractivity contribution in [2.75, 3.05) is 32.2 Å². The Morgan fingerprint density at radius 2 is 2.17 bits per heavy atom. The number of ether oxygens (including phenoxy) is 1. The predicted octanol–water partition coefficient (Wildman–Crippen LogP) is 2.92. The van der Waals surface area contributed by atoms with E-state index in [0.717, 1.165) is 23.8 Å². The quantitative estimate of drug-likeness (QED) is 0.825. The maximum Gasteiger partial charge on any atom is 0.0663 e. The van der Waals surface area contributed by atoms with Crippen LogP contribution in [0.2, 0.25) is 5.02 Å². The van der Waals surface area contributed by atoms with Gasteiger partial charge in [-0.25, -0.2) is 0 Å². The largest absolute Gasteiger partial charge is 0.383 e. The van der Waals surface area contributed by atoms with Gasteiger partial charge >= 0.3 is 0 Å². The summed E-state index contributed by atoms with van der Waals surface area (Å²) in [6.45, 7) is 6.69. The lowest BCUT2D eigenvalue weighted by Crippen LogP contribution is -2.34. The summed E-state index contributed by atoms with van der Waals surface area (Å²) in [4.78, 5) is 2.18. The van der Waals surface area contributed by atoms with Crippen molar-refractivity contribution in [3.05, 3.63) is 28.8 Å². The van der Waals surface area contributed by atoms with Crippen molar-refractivity contribution in [2.24, 2.45) is 0 Å². The first kappa shape index (κ1) is 15.3. The maximum absolute atomic E-state index is 6.34. The Hall–Kier alpha value is -0.770. The molecule has 1 atom stereocenters. The van der Waals surface area contributed by atoms with Crippen LogP contribution in [-0.4, -0.2) is 33.4 Å². The first-order chi connectivity index (χ1) is 8.61. The SMILES string of the molecule is CCNCc1cccc(Cl)c1N(C)C(C)COC. The Labute approximate surface area is 115 Å². The van der Waals surface area contributed by atoms with E-state index < -0.39 is 0 Å². The molecule has 0 saturated heterocycles. The molecule has 0 radical (unpaired) electrons. The van der Waals surface area contributed by atoms with E-state index in [1.54, 1.807) is 7.11 Å². The normalized spacial score (nSPS) is 12.5. The van der Waals surface area contributed by atoms with E-state index >= 15 is 0 Å². The Morgan fingerprint density at radius 1 is 1.44 bits per heavy atom. The van der Waals surface area contributed by atoms with Crippen LogP contribution >= 0.6 is 11.6 Å². The van der Waals surface area contributed by atoms with Gasteiger partial charge < -0.3 is 15.0 Å². The summed E-state index contributed by atoms with van der Waals surface area (Å²) in [5, 5.41) is 4.13. The zero-order chi connectivity index (χ0) is 13.5. The number of anilines is 1. The molecule has 0 aromatic heterocycles. The van der Waals surface area contributed by atoms with Crippen LogP contribution in [0.15, 0.2) is 18.2 Å². The van der Waals surface area contributed by atoms with Crippen LogP contribution in [0.5, 0.6) is 0 Å². The Bertz CT molecular complexity index is 371. The van der Waals surface area contributed by atoms with E-state index in [9.17, 15) is 0 Å². The van der Waals surface area contributed by atoms with Gasteiger partial charge in [-0.05, 0) is 25.1 Å². The Balaban J connectivity index is 2.97. The van der Waals surface area contributed by atoms with E-state index in [2.05, 4.69) is 37.2 Å². The minimum atomic E-state index is 0.287. The number of halogens is 1. The predicted molar refractivity (Wildman–Crippen MR) is 78.6 cm³/mol. The minimum absolute atomic E-state index is 0.287. The van der Waals surface area contributed by atoms with E-state index in [1.165, 1.54) is 5.56 Å². The van der Waals surface area contributed by atoms with Crippen LogP contribution in [0.4, 0.5) is 5.69 Å². The van der Waals surface area contributed by atoms with Crippen molar-refractivity contribution in [2.45, 2.75) is 26.4 Å². The zero-order valence-corrected chi connectivity index (χ0v) is 12.4. The third kappa shape index (κ3) is 3.87. The number of likely N-dealkylation sites (N-methyl/N-ethyl adjacent to an activating group) is 1. The molecule has 0 aliphatic rings. The van der Waals surface area contributed by atoms with Crippen LogP contribution in [0.1, 0.15) is 19.4 Å². The highest BCUT2D eigenvalue weighted by Crippen LogP contribution is 2.30. The lowest BCUT2D eigenvalue weighted by Gasteiger charge is -2.29. The fraction of sp³-hybridized carbons (Fsp3) is 0.571. The molecule has 1 N–H and O–H groups in total. The summed E-state index contributed by atoms with van der Waals surface area (Å²) >= 11 is 6.34. The number of rotatable bonds is 7. The Kier molecular flexibility index (Phi) is 6.47. The highest BCUT2D eigenvalue weighted by Gasteiger charge is 2.16. The minimum Gasteiger partial charge on any atom is -0.383 e. The summed E-state index contributed by atoms with van der Waals surface area (Å²) in [5.41, 5.74) is 2.31. The molecule has 0 bridgehead atoms. The van der Waals surface area contributed by atoms with Gasteiger partial charge in [0.15, 0.2) is 0 Å². The molecule has 1 rings (SSSR count). The molecule has 1 unspecified atom stereocenters. The summed E-state index contributed by atoms with van der Waals surface area (Å²) in [7, 11) is 3.77. The monoisotopic (exact) mass is 270 g/mol. The average Bonchev–Trinajstić information content (AvgIpc) is 2.36. The average molecular weight is 271 g/mol. The smallest absolute Gasteiger partial charge is 0.0663 e. The number of methoxy groups -OCH3 is 1. The van der Waals surface area contributed by atoms with E-state index in [0.29, 0.717) is 6.61 Å². The van der Waals surface area contributed by atoms with Crippen LogP contribution in [0.3, 0.4) is 0 Å². The lowest BCUT2D eigenvalue weighted by atomic mass is 10.1. The van der Waals surface area contributed by atoms with E-state index in [4.69, 9.17) is 16.3 Å². The van der Waals surface area contributed by atoms with Crippen molar-refractivity contribution in [1.29, 1.82) is 0 Å². The van der Waals surface area contributed by atoms with Gasteiger partial charge in [0.2, 0.25) is 0 Å². The molecule has 0 amide bonds. The molecule has 0 aliphatic carbocycles. The highest BCUT2D eigenvalue weighted by molar-refractivity contribution is 6.33. The molecular weight excluding hydrogens is 248 g/mol. The summed E-state index contributed by atoms with van der Waals surface area (Å²) in [6, 6.07) is 6.32. The third-order valence-electron chi connectivity index (χ3n) is 3.06. The van der Waals surface area contributed by atoms with Crippen LogP contribution < -0.4 is 10.2 Å². The second kappa shape index (κ2) is 7.62. The van der Waals surface area contributed by atoms with E-state index in [1.807, 2.05) is 12.1 Å². The van der Waals surface area contributed by atoms with Crippen molar-refractivity contribution in [3.63, 3.8) is 0 Å². The molecule has 18 heavy (non-hydrogen) atoms. The third-order valence-corrected chi connectivity index (χ3v) is 3.36. The number of nitrogens with zero attached hydrogens (tertiary/aromatic N) is 1. The van der Waals surface area contributed by atoms with Gasteiger partial charge in [0, 0.05) is 26.7 Å². The van der Waals surface area contributed by atoms with Gasteiger partial charge in [-0.1, -0.05) is 30.7 Å². The van der Waals surface area contributed by atoms with Crippen molar-refractivity contribution >= 4 is 17.3 Å². The lowest BCUT2D eigenvalue weighted by molar-refractivity contribution is 0.183. The number of para-hydroxylation sites is 1. The molecule has 0 fully saturated rings. The molecule has 102 valence electrons. The van der Waals surface area contributed by atoms with Gasteiger partial charge in [-0.15, -0.1) is 0 Å². The molecule has 0 saturated carbocycles. The molecule has 4 heteroatoms. The van der Waals surface area contributed by atoms with Crippen molar-refractivity contribution < 1.29 is 4.74 Å². The Morgan fingerprint density at radius 3 is 2.78 bits per heavy atom. The van der Waals surface area contributed by atoms with E-state index in [-0.39, 0.29) is 6.04 Å². The number of benzene rings is 1. The van der Waals surface area contributed by atoms with Crippen molar-refractivity contribution in [1.82, 2.24) is 5.32 Å². The van der Waals surface area contributed by atoms with Gasteiger partial charge in [-0.2, -0.15) is 0 Å². The summed E-state index contributed by atoms with van der Waals surface area (Å²) < 4.78 is 5.21. The first-order valence-corrected chi connectivity index (χ1v) is 6.69. The fourth-order valence-electron chi connectivity index (χ4n) is 1.93. The molecule has 0 aliphatic heterocycles. The van der Waals surface area contributed by atoms with Crippen LogP contribution in [0.25, 0.3) is 0 Å². The second-order valence-corrected chi connectivity index (χ2v) is 4.85. The number of nitrogens with one attached hydrogen (secondary N) is 1. The zero-order valence-electron chi connectivity index (χ0n) is 11.7. The summed E-state index contributed by atoms with van der Waals surface area (Å²) in [6.07, 6.45) is 0. The molecule has 0 spiro atoms. The van der Waals surface area contributed by atoms with Crippen LogP contribution in [0, 0.1) is 0 Å². The van der Waals surface area contributed by atoms with Gasteiger partial charge in [0.25, 0.3) is 0 Å². The first-order valence-electron chi connectivity index (χ1n) is 6.31. The van der Waals surface area contributed by atoms with Gasteiger partial charge in [0.1, 0.15) is 0 Å². The van der Waals surface area contributed by atoms with Gasteiger partial charge in [0.05, 0.1) is 17.3 Å².